The first-order valence-corrected chi connectivity index (χ1v) is 9.85. The topological polar surface area (TPSA) is 92.8 Å². The van der Waals surface area contributed by atoms with E-state index in [4.69, 9.17) is 16.3 Å². The average molecular weight is 407 g/mol. The molecule has 2 aliphatic rings. The molecular weight excluding hydrogens is 384 g/mol. The zero-order valence-corrected chi connectivity index (χ0v) is 16.2. The molecule has 0 unspecified atom stereocenters. The Morgan fingerprint density at radius 1 is 1.07 bits per heavy atom. The molecule has 2 atom stereocenters. The molecule has 1 heterocycles. The molecule has 0 spiro atoms. The number of benzene rings is 1. The van der Waals surface area contributed by atoms with E-state index in [1.807, 2.05) is 12.1 Å². The van der Waals surface area contributed by atoms with Crippen LogP contribution in [0.5, 0.6) is 0 Å². The summed E-state index contributed by atoms with van der Waals surface area (Å²) in [6.07, 6.45) is 3.85. The molecule has 0 aromatic heterocycles. The van der Waals surface area contributed by atoms with Crippen molar-refractivity contribution in [2.24, 2.45) is 11.8 Å². The molecule has 3 amide bonds. The number of nitrogens with one attached hydrogen (secondary N) is 1. The fraction of sp³-hybridized carbons (Fsp3) is 0.500. The standard InChI is InChI=1S/C20H23ClN2O5/c21-14-7-5-13(6-8-14)9-10-22-17(24)12-28-18(25)11-23-19(26)15-3-1-2-4-16(15)20(23)27/h5-8,15-16H,1-4,9-12H2,(H,22,24)/t15-,16-/m0/s1. The second-order valence-corrected chi connectivity index (χ2v) is 7.58. The van der Waals surface area contributed by atoms with Gasteiger partial charge >= 0.3 is 5.97 Å². The highest BCUT2D eigenvalue weighted by Gasteiger charge is 2.48. The molecule has 1 saturated carbocycles. The number of carbonyl (C=O) groups is 4. The monoisotopic (exact) mass is 406 g/mol. The highest BCUT2D eigenvalue weighted by atomic mass is 35.5. The van der Waals surface area contributed by atoms with Gasteiger partial charge in [-0.3, -0.25) is 24.1 Å². The Hall–Kier alpha value is -2.41. The van der Waals surface area contributed by atoms with Gasteiger partial charge in [0, 0.05) is 11.6 Å². The molecule has 1 saturated heterocycles. The molecular formula is C20H23ClN2O5. The molecule has 2 fully saturated rings. The number of esters is 1. The van der Waals surface area contributed by atoms with Crippen molar-refractivity contribution in [2.75, 3.05) is 19.7 Å². The van der Waals surface area contributed by atoms with E-state index < -0.39 is 25.0 Å². The molecule has 1 aliphatic heterocycles. The number of fused-ring (bicyclic) bond motifs is 1. The van der Waals surface area contributed by atoms with Gasteiger partial charge in [0.25, 0.3) is 5.91 Å². The zero-order valence-electron chi connectivity index (χ0n) is 15.5. The SMILES string of the molecule is O=C(COC(=O)CN1C(=O)[C@H]2CCCC[C@@H]2C1=O)NCCc1ccc(Cl)cc1. The summed E-state index contributed by atoms with van der Waals surface area (Å²) in [5, 5.41) is 3.30. The maximum atomic E-state index is 12.3. The summed E-state index contributed by atoms with van der Waals surface area (Å²) in [6, 6.07) is 7.29. The largest absolute Gasteiger partial charge is 0.454 e. The van der Waals surface area contributed by atoms with E-state index in [2.05, 4.69) is 5.32 Å². The van der Waals surface area contributed by atoms with Crippen LogP contribution in [0.3, 0.4) is 0 Å². The van der Waals surface area contributed by atoms with Gasteiger partial charge in [0.15, 0.2) is 6.61 Å². The van der Waals surface area contributed by atoms with Crippen LogP contribution < -0.4 is 5.32 Å². The lowest BCUT2D eigenvalue weighted by Gasteiger charge is -2.19. The predicted octanol–water partition coefficient (Wildman–Crippen LogP) is 1.72. The van der Waals surface area contributed by atoms with Gasteiger partial charge in [-0.25, -0.2) is 0 Å². The van der Waals surface area contributed by atoms with Gasteiger partial charge in [-0.2, -0.15) is 0 Å². The first kappa shape index (κ1) is 20.3. The molecule has 3 rings (SSSR count). The molecule has 1 aromatic carbocycles. The van der Waals surface area contributed by atoms with E-state index in [9.17, 15) is 19.2 Å². The van der Waals surface area contributed by atoms with Crippen LogP contribution in [0.15, 0.2) is 24.3 Å². The number of hydrogen-bond donors (Lipinski definition) is 1. The minimum Gasteiger partial charge on any atom is -0.454 e. The quantitative estimate of drug-likeness (QED) is 0.549. The van der Waals surface area contributed by atoms with E-state index in [1.54, 1.807) is 12.1 Å². The van der Waals surface area contributed by atoms with Crippen LogP contribution in [0.25, 0.3) is 0 Å². The highest BCUT2D eigenvalue weighted by molar-refractivity contribution is 6.30. The van der Waals surface area contributed by atoms with Gasteiger partial charge in [-0.15, -0.1) is 0 Å². The normalized spacial score (nSPS) is 21.4. The average Bonchev–Trinajstić information content (AvgIpc) is 2.93. The van der Waals surface area contributed by atoms with Crippen LogP contribution in [0.4, 0.5) is 0 Å². The molecule has 28 heavy (non-hydrogen) atoms. The Morgan fingerprint density at radius 3 is 2.29 bits per heavy atom. The summed E-state index contributed by atoms with van der Waals surface area (Å²) < 4.78 is 4.92. The van der Waals surface area contributed by atoms with Crippen LogP contribution in [0.2, 0.25) is 5.02 Å². The highest BCUT2D eigenvalue weighted by Crippen LogP contribution is 2.37. The Morgan fingerprint density at radius 2 is 1.68 bits per heavy atom. The summed E-state index contributed by atoms with van der Waals surface area (Å²) >= 11 is 5.82. The van der Waals surface area contributed by atoms with Gasteiger partial charge in [-0.05, 0) is 37.0 Å². The summed E-state index contributed by atoms with van der Waals surface area (Å²) in [6.45, 7) is -0.476. The van der Waals surface area contributed by atoms with Crippen molar-refractivity contribution in [2.45, 2.75) is 32.1 Å². The van der Waals surface area contributed by atoms with E-state index in [0.717, 1.165) is 23.3 Å². The molecule has 0 bridgehead atoms. The lowest BCUT2D eigenvalue weighted by Crippen LogP contribution is -2.38. The lowest BCUT2D eigenvalue weighted by molar-refractivity contribution is -0.154. The second-order valence-electron chi connectivity index (χ2n) is 7.15. The maximum Gasteiger partial charge on any atom is 0.326 e. The fourth-order valence-electron chi connectivity index (χ4n) is 3.76. The number of ether oxygens (including phenoxy) is 1. The fourth-order valence-corrected chi connectivity index (χ4v) is 3.88. The number of likely N-dealkylation sites (tertiary alicyclic amines) is 1. The number of imide groups is 1. The van der Waals surface area contributed by atoms with Gasteiger partial charge in [0.2, 0.25) is 11.8 Å². The van der Waals surface area contributed by atoms with Crippen LogP contribution in [-0.4, -0.2) is 48.3 Å². The lowest BCUT2D eigenvalue weighted by atomic mass is 9.81. The summed E-state index contributed by atoms with van der Waals surface area (Å²) in [5.74, 6) is -2.38. The molecule has 8 heteroatoms. The number of amides is 3. The van der Waals surface area contributed by atoms with E-state index >= 15 is 0 Å². The van der Waals surface area contributed by atoms with Gasteiger partial charge in [0.1, 0.15) is 6.54 Å². The first-order valence-electron chi connectivity index (χ1n) is 9.47. The van der Waals surface area contributed by atoms with E-state index in [-0.39, 0.29) is 23.7 Å². The van der Waals surface area contributed by atoms with Crippen molar-refractivity contribution in [3.05, 3.63) is 34.9 Å². The molecule has 7 nitrogen and oxygen atoms in total. The summed E-state index contributed by atoms with van der Waals surface area (Å²) in [5.41, 5.74) is 1.02. The molecule has 1 N–H and O–H groups in total. The van der Waals surface area contributed by atoms with Crippen molar-refractivity contribution in [1.29, 1.82) is 0 Å². The van der Waals surface area contributed by atoms with Gasteiger partial charge in [0.05, 0.1) is 11.8 Å². The van der Waals surface area contributed by atoms with Crippen molar-refractivity contribution >= 4 is 35.3 Å². The Labute approximate surface area is 168 Å². The smallest absolute Gasteiger partial charge is 0.326 e. The van der Waals surface area contributed by atoms with Crippen LogP contribution in [0.1, 0.15) is 31.2 Å². The third kappa shape index (κ3) is 4.90. The molecule has 0 radical (unpaired) electrons. The second kappa shape index (κ2) is 9.19. The number of rotatable bonds is 7. The number of nitrogens with zero attached hydrogens (tertiary/aromatic N) is 1. The van der Waals surface area contributed by atoms with Crippen molar-refractivity contribution < 1.29 is 23.9 Å². The van der Waals surface area contributed by atoms with Crippen LogP contribution in [-0.2, 0) is 30.3 Å². The summed E-state index contributed by atoms with van der Waals surface area (Å²) in [7, 11) is 0. The maximum absolute atomic E-state index is 12.3. The van der Waals surface area contributed by atoms with Crippen LogP contribution in [0, 0.1) is 11.8 Å². The number of hydrogen-bond acceptors (Lipinski definition) is 5. The predicted molar refractivity (Wildman–Crippen MR) is 101 cm³/mol. The third-order valence-corrected chi connectivity index (χ3v) is 5.48. The number of carbonyl (C=O) groups excluding carboxylic acids is 4. The molecule has 1 aliphatic carbocycles. The van der Waals surface area contributed by atoms with Gasteiger partial charge < -0.3 is 10.1 Å². The van der Waals surface area contributed by atoms with Gasteiger partial charge in [-0.1, -0.05) is 36.6 Å². The molecule has 1 aromatic rings. The minimum absolute atomic E-state index is 0.293. The minimum atomic E-state index is -0.756. The number of halogens is 1. The van der Waals surface area contributed by atoms with Crippen molar-refractivity contribution in [1.82, 2.24) is 10.2 Å². The summed E-state index contributed by atoms with van der Waals surface area (Å²) in [4.78, 5) is 49.4. The Kier molecular flexibility index (Phi) is 6.67. The Bertz CT molecular complexity index is 740. The molecule has 150 valence electrons. The Balaban J connectivity index is 1.38. The zero-order chi connectivity index (χ0) is 20.1. The third-order valence-electron chi connectivity index (χ3n) is 5.23. The van der Waals surface area contributed by atoms with E-state index in [0.29, 0.717) is 30.8 Å². The van der Waals surface area contributed by atoms with Crippen molar-refractivity contribution in [3.8, 4) is 0 Å². The van der Waals surface area contributed by atoms with Crippen LogP contribution >= 0.6 is 11.6 Å². The van der Waals surface area contributed by atoms with E-state index in [1.165, 1.54) is 0 Å². The van der Waals surface area contributed by atoms with Crippen molar-refractivity contribution in [3.63, 3.8) is 0 Å². The first-order chi connectivity index (χ1) is 13.5.